The van der Waals surface area contributed by atoms with Gasteiger partial charge in [-0.05, 0) is 33.1 Å². The third kappa shape index (κ3) is 1.92. The van der Waals surface area contributed by atoms with Crippen molar-refractivity contribution in [3.63, 3.8) is 0 Å². The topological polar surface area (TPSA) is 42.2 Å². The van der Waals surface area contributed by atoms with Gasteiger partial charge in [-0.2, -0.15) is 0 Å². The van der Waals surface area contributed by atoms with Crippen LogP contribution in [0.2, 0.25) is 0 Å². The average Bonchev–Trinajstić information content (AvgIpc) is 2.68. The van der Waals surface area contributed by atoms with E-state index in [1.807, 2.05) is 11.3 Å². The van der Waals surface area contributed by atoms with Gasteiger partial charge in [0.05, 0.1) is 11.2 Å². The number of hydrogen-bond donors (Lipinski definition) is 1. The fraction of sp³-hybridized carbons (Fsp3) is 0.769. The summed E-state index contributed by atoms with van der Waals surface area (Å²) in [6.07, 6.45) is 4.60. The molecular formula is C13H21N3S. The number of nitrogens with two attached hydrogens (primary N) is 1. The Morgan fingerprint density at radius 3 is 2.76 bits per heavy atom. The van der Waals surface area contributed by atoms with Crippen LogP contribution in [-0.2, 0) is 18.5 Å². The molecule has 0 amide bonds. The van der Waals surface area contributed by atoms with Gasteiger partial charge < -0.3 is 5.73 Å². The predicted octanol–water partition coefficient (Wildman–Crippen LogP) is 2.25. The van der Waals surface area contributed by atoms with Crippen molar-refractivity contribution in [1.82, 2.24) is 9.88 Å². The van der Waals surface area contributed by atoms with Gasteiger partial charge in [0.1, 0.15) is 5.01 Å². The molecule has 0 unspecified atom stereocenters. The van der Waals surface area contributed by atoms with Crippen LogP contribution in [0.4, 0.5) is 0 Å². The summed E-state index contributed by atoms with van der Waals surface area (Å²) in [5.41, 5.74) is 7.60. The van der Waals surface area contributed by atoms with E-state index in [9.17, 15) is 0 Å². The van der Waals surface area contributed by atoms with Gasteiger partial charge in [-0.25, -0.2) is 4.98 Å². The van der Waals surface area contributed by atoms with Gasteiger partial charge >= 0.3 is 0 Å². The van der Waals surface area contributed by atoms with Crippen LogP contribution in [-0.4, -0.2) is 22.5 Å². The zero-order chi connectivity index (χ0) is 12.0. The van der Waals surface area contributed by atoms with Crippen molar-refractivity contribution in [2.45, 2.75) is 57.7 Å². The van der Waals surface area contributed by atoms with Gasteiger partial charge in [0.15, 0.2) is 0 Å². The molecule has 3 nitrogen and oxygen atoms in total. The fourth-order valence-corrected chi connectivity index (χ4v) is 3.93. The molecule has 0 saturated heterocycles. The van der Waals surface area contributed by atoms with Gasteiger partial charge in [0, 0.05) is 30.4 Å². The maximum Gasteiger partial charge on any atom is 0.113 e. The van der Waals surface area contributed by atoms with Crippen LogP contribution in [0.5, 0.6) is 0 Å². The van der Waals surface area contributed by atoms with Crippen LogP contribution in [0.25, 0.3) is 0 Å². The lowest BCUT2D eigenvalue weighted by atomic mass is 9.78. The highest BCUT2D eigenvalue weighted by Gasteiger charge is 2.38. The standard InChI is InChI=1S/C13H21N3S/c1-9(2)16-7-4-10-11(8-16)17-12(15-10)13(14)5-3-6-13/h9H,3-8,14H2,1-2H3. The molecule has 2 N–H and O–H groups in total. The van der Waals surface area contributed by atoms with Crippen LogP contribution in [0.3, 0.4) is 0 Å². The first-order valence-corrected chi connectivity index (χ1v) is 7.42. The number of thiazole rings is 1. The van der Waals surface area contributed by atoms with E-state index in [2.05, 4.69) is 18.7 Å². The van der Waals surface area contributed by atoms with Gasteiger partial charge in [-0.15, -0.1) is 11.3 Å². The second-order valence-corrected chi connectivity index (χ2v) is 6.80. The van der Waals surface area contributed by atoms with Crippen molar-refractivity contribution in [2.24, 2.45) is 5.73 Å². The van der Waals surface area contributed by atoms with Crippen LogP contribution in [0, 0.1) is 0 Å². The lowest BCUT2D eigenvalue weighted by Crippen LogP contribution is -2.43. The van der Waals surface area contributed by atoms with E-state index in [1.54, 1.807) is 0 Å². The minimum Gasteiger partial charge on any atom is -0.319 e. The molecule has 17 heavy (non-hydrogen) atoms. The van der Waals surface area contributed by atoms with E-state index in [-0.39, 0.29) is 5.54 Å². The maximum atomic E-state index is 6.36. The number of hydrogen-bond acceptors (Lipinski definition) is 4. The number of nitrogens with zero attached hydrogens (tertiary/aromatic N) is 2. The van der Waals surface area contributed by atoms with Crippen LogP contribution < -0.4 is 5.73 Å². The maximum absolute atomic E-state index is 6.36. The van der Waals surface area contributed by atoms with Crippen molar-refractivity contribution in [1.29, 1.82) is 0 Å². The third-order valence-electron chi connectivity index (χ3n) is 4.16. The first-order chi connectivity index (χ1) is 8.08. The molecule has 0 spiro atoms. The van der Waals surface area contributed by atoms with E-state index in [1.165, 1.54) is 22.0 Å². The Hall–Kier alpha value is -0.450. The molecule has 0 radical (unpaired) electrons. The second-order valence-electron chi connectivity index (χ2n) is 5.71. The van der Waals surface area contributed by atoms with Crippen LogP contribution in [0.1, 0.15) is 48.7 Å². The highest BCUT2D eigenvalue weighted by Crippen LogP contribution is 2.42. The SMILES string of the molecule is CC(C)N1CCc2nc(C3(N)CCC3)sc2C1. The molecule has 1 fully saturated rings. The molecule has 0 aromatic carbocycles. The van der Waals surface area contributed by atoms with Crippen LogP contribution >= 0.6 is 11.3 Å². The molecule has 0 atom stereocenters. The lowest BCUT2D eigenvalue weighted by Gasteiger charge is -2.35. The van der Waals surface area contributed by atoms with E-state index >= 15 is 0 Å². The van der Waals surface area contributed by atoms with E-state index in [0.29, 0.717) is 6.04 Å². The normalized spacial score (nSPS) is 23.5. The summed E-state index contributed by atoms with van der Waals surface area (Å²) in [6, 6.07) is 0.629. The van der Waals surface area contributed by atoms with Crippen molar-refractivity contribution in [3.8, 4) is 0 Å². The highest BCUT2D eigenvalue weighted by atomic mass is 32.1. The summed E-state index contributed by atoms with van der Waals surface area (Å²) in [5, 5.41) is 1.19. The smallest absolute Gasteiger partial charge is 0.113 e. The molecular weight excluding hydrogens is 230 g/mol. The molecule has 4 heteroatoms. The van der Waals surface area contributed by atoms with Gasteiger partial charge in [0.2, 0.25) is 0 Å². The molecule has 1 aromatic rings. The van der Waals surface area contributed by atoms with Crippen LogP contribution in [0.15, 0.2) is 0 Å². The Morgan fingerprint density at radius 2 is 2.18 bits per heavy atom. The molecule has 1 aliphatic carbocycles. The highest BCUT2D eigenvalue weighted by molar-refractivity contribution is 7.11. The predicted molar refractivity (Wildman–Crippen MR) is 71.1 cm³/mol. The van der Waals surface area contributed by atoms with E-state index in [4.69, 9.17) is 10.7 Å². The zero-order valence-corrected chi connectivity index (χ0v) is 11.5. The number of rotatable bonds is 2. The second kappa shape index (κ2) is 4.04. The number of fused-ring (bicyclic) bond motifs is 1. The first kappa shape index (κ1) is 11.6. The minimum absolute atomic E-state index is 0.0787. The van der Waals surface area contributed by atoms with Crippen molar-refractivity contribution >= 4 is 11.3 Å². The lowest BCUT2D eigenvalue weighted by molar-refractivity contribution is 0.204. The molecule has 1 aliphatic heterocycles. The van der Waals surface area contributed by atoms with E-state index in [0.717, 1.165) is 32.4 Å². The summed E-state index contributed by atoms with van der Waals surface area (Å²) >= 11 is 1.86. The zero-order valence-electron chi connectivity index (χ0n) is 10.7. The minimum atomic E-state index is -0.0787. The first-order valence-electron chi connectivity index (χ1n) is 6.60. The molecule has 3 rings (SSSR count). The third-order valence-corrected chi connectivity index (χ3v) is 5.47. The molecule has 2 aliphatic rings. The van der Waals surface area contributed by atoms with Crippen molar-refractivity contribution in [2.75, 3.05) is 6.54 Å². The Morgan fingerprint density at radius 1 is 1.41 bits per heavy atom. The average molecular weight is 251 g/mol. The summed E-state index contributed by atoms with van der Waals surface area (Å²) in [6.45, 7) is 6.75. The fourth-order valence-electron chi connectivity index (χ4n) is 2.64. The Balaban J connectivity index is 1.84. The van der Waals surface area contributed by atoms with Crippen molar-refractivity contribution in [3.05, 3.63) is 15.6 Å². The largest absolute Gasteiger partial charge is 0.319 e. The summed E-state index contributed by atoms with van der Waals surface area (Å²) in [4.78, 5) is 8.78. The molecule has 0 bridgehead atoms. The Bertz CT molecular complexity index is 420. The molecule has 2 heterocycles. The summed E-state index contributed by atoms with van der Waals surface area (Å²) in [5.74, 6) is 0. The van der Waals surface area contributed by atoms with E-state index < -0.39 is 0 Å². The van der Waals surface area contributed by atoms with Gasteiger partial charge in [-0.1, -0.05) is 0 Å². The Labute approximate surface area is 107 Å². The quantitative estimate of drug-likeness (QED) is 0.876. The van der Waals surface area contributed by atoms with Gasteiger partial charge in [-0.3, -0.25) is 4.90 Å². The molecule has 94 valence electrons. The molecule has 1 aromatic heterocycles. The van der Waals surface area contributed by atoms with Crippen molar-refractivity contribution < 1.29 is 0 Å². The Kier molecular flexibility index (Phi) is 2.76. The summed E-state index contributed by atoms with van der Waals surface area (Å²) in [7, 11) is 0. The summed E-state index contributed by atoms with van der Waals surface area (Å²) < 4.78 is 0. The van der Waals surface area contributed by atoms with Gasteiger partial charge in [0.25, 0.3) is 0 Å². The number of aromatic nitrogens is 1. The molecule has 1 saturated carbocycles. The monoisotopic (exact) mass is 251 g/mol.